The highest BCUT2D eigenvalue weighted by Crippen LogP contribution is 2.17. The van der Waals surface area contributed by atoms with Gasteiger partial charge in [-0.05, 0) is 6.92 Å². The highest BCUT2D eigenvalue weighted by Gasteiger charge is 2.26. The Kier molecular flexibility index (Phi) is 2.07. The van der Waals surface area contributed by atoms with Crippen LogP contribution in [0.4, 0.5) is 0 Å². The maximum absolute atomic E-state index is 10.6. The van der Waals surface area contributed by atoms with E-state index in [1.807, 2.05) is 0 Å². The van der Waals surface area contributed by atoms with E-state index in [0.29, 0.717) is 5.57 Å². The van der Waals surface area contributed by atoms with Crippen LogP contribution in [0.3, 0.4) is 0 Å². The molecule has 0 saturated heterocycles. The van der Waals surface area contributed by atoms with Gasteiger partial charge in [0.2, 0.25) is 5.76 Å². The highest BCUT2D eigenvalue weighted by molar-refractivity contribution is 7.82. The molecule has 7 heteroatoms. The van der Waals surface area contributed by atoms with Crippen LogP contribution in [0.5, 0.6) is 0 Å². The Labute approximate surface area is 69.3 Å². The highest BCUT2D eigenvalue weighted by atomic mass is 32.3. The molecule has 1 aliphatic heterocycles. The lowest BCUT2D eigenvalue weighted by atomic mass is 10.2. The Balaban J connectivity index is 3.05. The minimum Gasteiger partial charge on any atom is -0.363 e. The summed E-state index contributed by atoms with van der Waals surface area (Å²) in [5, 5.41) is 0. The second-order valence-corrected chi connectivity index (χ2v) is 3.45. The molecule has 0 spiro atoms. The van der Waals surface area contributed by atoms with Crippen molar-refractivity contribution in [1.82, 2.24) is 0 Å². The molecule has 0 aromatic carbocycles. The van der Waals surface area contributed by atoms with E-state index in [1.165, 1.54) is 6.92 Å². The molecule has 2 N–H and O–H groups in total. The van der Waals surface area contributed by atoms with Gasteiger partial charge in [0.25, 0.3) is 5.91 Å². The minimum absolute atomic E-state index is 0.194. The summed E-state index contributed by atoms with van der Waals surface area (Å²) >= 11 is 0. The van der Waals surface area contributed by atoms with Crippen molar-refractivity contribution in [2.24, 2.45) is 5.73 Å². The Hall–Kier alpha value is -1.08. The van der Waals surface area contributed by atoms with Crippen LogP contribution in [-0.2, 0) is 23.6 Å². The van der Waals surface area contributed by atoms with E-state index in [1.54, 1.807) is 0 Å². The normalized spacial score (nSPS) is 21.8. The fraction of sp³-hybridized carbons (Fsp3) is 0.400. The molecule has 1 aliphatic rings. The van der Waals surface area contributed by atoms with E-state index in [-0.39, 0.29) is 12.4 Å². The maximum atomic E-state index is 10.6. The van der Waals surface area contributed by atoms with Crippen molar-refractivity contribution < 1.29 is 21.6 Å². The van der Waals surface area contributed by atoms with E-state index in [0.717, 1.165) is 0 Å². The van der Waals surface area contributed by atoms with Gasteiger partial charge in [-0.3, -0.25) is 4.79 Å². The molecule has 1 amide bonds. The van der Waals surface area contributed by atoms with Crippen LogP contribution >= 0.6 is 0 Å². The molecule has 0 unspecified atom stereocenters. The summed E-state index contributed by atoms with van der Waals surface area (Å²) in [6.45, 7) is 1.30. The van der Waals surface area contributed by atoms with Crippen molar-refractivity contribution in [3.05, 3.63) is 11.3 Å². The first-order valence-electron chi connectivity index (χ1n) is 3.01. The van der Waals surface area contributed by atoms with Crippen molar-refractivity contribution in [2.75, 3.05) is 6.61 Å². The molecule has 12 heavy (non-hydrogen) atoms. The summed E-state index contributed by atoms with van der Waals surface area (Å²) in [5.41, 5.74) is 5.20. The van der Waals surface area contributed by atoms with Gasteiger partial charge in [0, 0.05) is 5.57 Å². The lowest BCUT2D eigenvalue weighted by molar-refractivity contribution is -0.116. The Bertz CT molecular complexity index is 341. The topological polar surface area (TPSA) is 95.7 Å². The summed E-state index contributed by atoms with van der Waals surface area (Å²) in [6.07, 6.45) is 0. The summed E-state index contributed by atoms with van der Waals surface area (Å²) in [7, 11) is -4.07. The second-order valence-electron chi connectivity index (χ2n) is 2.23. The fourth-order valence-corrected chi connectivity index (χ4v) is 1.47. The van der Waals surface area contributed by atoms with E-state index >= 15 is 0 Å². The zero-order valence-corrected chi connectivity index (χ0v) is 7.05. The van der Waals surface area contributed by atoms with Gasteiger partial charge in [0.15, 0.2) is 0 Å². The van der Waals surface area contributed by atoms with E-state index in [4.69, 9.17) is 5.73 Å². The number of primary amides is 1. The van der Waals surface area contributed by atoms with Gasteiger partial charge in [0.1, 0.15) is 0 Å². The monoisotopic (exact) mass is 193 g/mol. The predicted molar refractivity (Wildman–Crippen MR) is 37.9 cm³/mol. The number of carbonyl (C=O) groups excluding carboxylic acids is 1. The SMILES string of the molecule is CC1=C(C(N)=O)OS(=O)(=O)OC1. The smallest absolute Gasteiger partial charge is 0.363 e. The van der Waals surface area contributed by atoms with Gasteiger partial charge in [-0.2, -0.15) is 8.42 Å². The number of rotatable bonds is 1. The van der Waals surface area contributed by atoms with Crippen molar-refractivity contribution in [1.29, 1.82) is 0 Å². The molecule has 0 fully saturated rings. The molecule has 1 rings (SSSR count). The number of nitrogens with two attached hydrogens (primary N) is 1. The average Bonchev–Trinajstić information content (AvgIpc) is 1.94. The summed E-state index contributed by atoms with van der Waals surface area (Å²) < 4.78 is 29.7. The molecule has 6 nitrogen and oxygen atoms in total. The molecular formula is C5H7NO5S. The molecule has 0 saturated carbocycles. The molecule has 0 radical (unpaired) electrons. The van der Waals surface area contributed by atoms with Gasteiger partial charge < -0.3 is 9.92 Å². The number of hydrogen-bond acceptors (Lipinski definition) is 5. The van der Waals surface area contributed by atoms with Crippen molar-refractivity contribution in [3.63, 3.8) is 0 Å². The van der Waals surface area contributed by atoms with Gasteiger partial charge in [-0.25, -0.2) is 4.18 Å². The number of hydrogen-bond donors (Lipinski definition) is 1. The summed E-state index contributed by atoms with van der Waals surface area (Å²) in [5.74, 6) is -1.28. The molecular weight excluding hydrogens is 186 g/mol. The van der Waals surface area contributed by atoms with Gasteiger partial charge in [0.05, 0.1) is 6.61 Å². The molecule has 0 aromatic rings. The van der Waals surface area contributed by atoms with Crippen molar-refractivity contribution in [2.45, 2.75) is 6.92 Å². The summed E-state index contributed by atoms with van der Waals surface area (Å²) in [6, 6.07) is 0. The molecule has 0 atom stereocenters. The predicted octanol–water partition coefficient (Wildman–Crippen LogP) is -0.963. The first-order valence-corrected chi connectivity index (χ1v) is 4.34. The molecule has 1 heterocycles. The second kappa shape index (κ2) is 2.76. The maximum Gasteiger partial charge on any atom is 0.449 e. The molecule has 0 bridgehead atoms. The van der Waals surface area contributed by atoms with Crippen LogP contribution in [0.1, 0.15) is 6.92 Å². The quantitative estimate of drug-likeness (QED) is 0.578. The van der Waals surface area contributed by atoms with Crippen molar-refractivity contribution in [3.8, 4) is 0 Å². The Morgan fingerprint density at radius 3 is 2.58 bits per heavy atom. The average molecular weight is 193 g/mol. The first kappa shape index (κ1) is 9.01. The standard InChI is InChI=1S/C5H7NO5S/c1-3-2-10-12(8,9)11-4(3)5(6)7/h2H2,1H3,(H2,6,7). The zero-order valence-electron chi connectivity index (χ0n) is 6.23. The lowest BCUT2D eigenvalue weighted by Gasteiger charge is -2.15. The molecule has 68 valence electrons. The lowest BCUT2D eigenvalue weighted by Crippen LogP contribution is -2.27. The summed E-state index contributed by atoms with van der Waals surface area (Å²) in [4.78, 5) is 10.6. The molecule has 0 aliphatic carbocycles. The van der Waals surface area contributed by atoms with Crippen LogP contribution in [0.25, 0.3) is 0 Å². The van der Waals surface area contributed by atoms with E-state index in [2.05, 4.69) is 8.37 Å². The number of amides is 1. The third kappa shape index (κ3) is 1.74. The minimum atomic E-state index is -4.07. The third-order valence-corrected chi connectivity index (χ3v) is 1.99. The van der Waals surface area contributed by atoms with Gasteiger partial charge in [-0.15, -0.1) is 0 Å². The van der Waals surface area contributed by atoms with Crippen LogP contribution in [0.15, 0.2) is 11.3 Å². The van der Waals surface area contributed by atoms with Crippen LogP contribution in [-0.4, -0.2) is 20.9 Å². The van der Waals surface area contributed by atoms with E-state index in [9.17, 15) is 13.2 Å². The molecule has 0 aromatic heterocycles. The van der Waals surface area contributed by atoms with Crippen LogP contribution < -0.4 is 5.73 Å². The zero-order chi connectivity index (χ0) is 9.35. The first-order chi connectivity index (χ1) is 5.42. The largest absolute Gasteiger partial charge is 0.449 e. The fourth-order valence-electron chi connectivity index (χ4n) is 0.675. The number of carbonyl (C=O) groups is 1. The third-order valence-electron chi connectivity index (χ3n) is 1.22. The Morgan fingerprint density at radius 2 is 2.17 bits per heavy atom. The van der Waals surface area contributed by atoms with Crippen LogP contribution in [0, 0.1) is 0 Å². The van der Waals surface area contributed by atoms with E-state index < -0.39 is 16.3 Å². The van der Waals surface area contributed by atoms with Gasteiger partial charge in [-0.1, -0.05) is 0 Å². The Morgan fingerprint density at radius 1 is 1.58 bits per heavy atom. The van der Waals surface area contributed by atoms with Crippen molar-refractivity contribution >= 4 is 16.3 Å². The van der Waals surface area contributed by atoms with Crippen LogP contribution in [0.2, 0.25) is 0 Å². The van der Waals surface area contributed by atoms with Gasteiger partial charge >= 0.3 is 10.4 Å².